The number of nitrogens with one attached hydrogen (secondary N) is 1. The Labute approximate surface area is 179 Å². The van der Waals surface area contributed by atoms with Gasteiger partial charge in [0.05, 0.1) is 34.8 Å². The topological polar surface area (TPSA) is 110 Å². The van der Waals surface area contributed by atoms with E-state index in [4.69, 9.17) is 9.47 Å². The zero-order chi connectivity index (χ0) is 21.6. The number of anilines is 1. The van der Waals surface area contributed by atoms with Crippen LogP contribution in [0.4, 0.5) is 11.5 Å². The van der Waals surface area contributed by atoms with Crippen molar-refractivity contribution >= 4 is 22.4 Å². The molecule has 3 aromatic rings. The molecule has 1 aromatic heterocycles. The van der Waals surface area contributed by atoms with Crippen LogP contribution < -0.4 is 5.32 Å². The van der Waals surface area contributed by atoms with Crippen molar-refractivity contribution in [1.82, 2.24) is 4.98 Å². The van der Waals surface area contributed by atoms with E-state index in [0.29, 0.717) is 35.4 Å². The smallest absolute Gasteiger partial charge is 0.270 e. The molecule has 8 nitrogen and oxygen atoms in total. The Bertz CT molecular complexity index is 1140. The van der Waals surface area contributed by atoms with Gasteiger partial charge in [-0.1, -0.05) is 24.3 Å². The van der Waals surface area contributed by atoms with Crippen LogP contribution in [0.1, 0.15) is 29.5 Å². The number of non-ortho nitro benzene ring substituents is 1. The highest BCUT2D eigenvalue weighted by molar-refractivity contribution is 5.88. The zero-order valence-corrected chi connectivity index (χ0v) is 16.9. The summed E-state index contributed by atoms with van der Waals surface area (Å²) < 4.78 is 11.4. The van der Waals surface area contributed by atoms with E-state index < -0.39 is 4.92 Å². The third-order valence-electron chi connectivity index (χ3n) is 5.24. The molecule has 1 fully saturated rings. The largest absolute Gasteiger partial charge is 0.381 e. The van der Waals surface area contributed by atoms with E-state index in [1.807, 2.05) is 18.2 Å². The molecular formula is C23H22N4O4. The predicted octanol–water partition coefficient (Wildman–Crippen LogP) is 4.32. The maximum absolute atomic E-state index is 11.0. The molecule has 0 saturated carbocycles. The fraction of sp³-hybridized carbons (Fsp3) is 0.304. The number of fused-ring (bicyclic) bond motifs is 1. The fourth-order valence-electron chi connectivity index (χ4n) is 3.59. The summed E-state index contributed by atoms with van der Waals surface area (Å²) in [5.41, 5.74) is 2.98. The van der Waals surface area contributed by atoms with E-state index in [1.165, 1.54) is 12.1 Å². The lowest BCUT2D eigenvalue weighted by atomic mass is 10.1. The minimum absolute atomic E-state index is 0.0636. The molecule has 4 rings (SSSR count). The van der Waals surface area contributed by atoms with E-state index in [2.05, 4.69) is 22.4 Å². The van der Waals surface area contributed by atoms with Crippen LogP contribution in [0.15, 0.2) is 48.5 Å². The molecule has 0 unspecified atom stereocenters. The second kappa shape index (κ2) is 9.51. The average molecular weight is 418 g/mol. The van der Waals surface area contributed by atoms with E-state index in [1.54, 1.807) is 12.1 Å². The first kappa shape index (κ1) is 20.7. The highest BCUT2D eigenvalue weighted by atomic mass is 16.6. The van der Waals surface area contributed by atoms with E-state index in [9.17, 15) is 15.4 Å². The van der Waals surface area contributed by atoms with Crippen LogP contribution in [0.25, 0.3) is 10.9 Å². The van der Waals surface area contributed by atoms with Gasteiger partial charge in [0.1, 0.15) is 5.82 Å². The number of nitro groups is 1. The summed E-state index contributed by atoms with van der Waals surface area (Å²) in [7, 11) is 0. The van der Waals surface area contributed by atoms with Crippen LogP contribution in [0.3, 0.4) is 0 Å². The van der Waals surface area contributed by atoms with Gasteiger partial charge in [-0.2, -0.15) is 5.26 Å². The lowest BCUT2D eigenvalue weighted by Gasteiger charge is -2.22. The molecule has 0 bridgehead atoms. The van der Waals surface area contributed by atoms with Crippen LogP contribution in [-0.2, 0) is 22.6 Å². The van der Waals surface area contributed by atoms with E-state index in [0.717, 1.165) is 37.2 Å². The van der Waals surface area contributed by atoms with Crippen molar-refractivity contribution in [2.24, 2.45) is 0 Å². The third kappa shape index (κ3) is 5.15. The van der Waals surface area contributed by atoms with Crippen LogP contribution in [-0.4, -0.2) is 29.2 Å². The molecule has 1 saturated heterocycles. The first-order valence-corrected chi connectivity index (χ1v) is 10.1. The second-order valence-electron chi connectivity index (χ2n) is 7.42. The summed E-state index contributed by atoms with van der Waals surface area (Å²) >= 11 is 0. The Kier molecular flexibility index (Phi) is 6.36. The number of nitrogens with zero attached hydrogens (tertiary/aromatic N) is 3. The standard InChI is InChI=1S/C23H22N4O4/c24-13-18-11-23(26-22-5-4-19(27(28)29)12-21(18)22)25-14-16-2-1-3-17(10-16)15-31-20-6-8-30-9-7-20/h1-5,10-12,20H,6-9,14-15H2,(H,25,26). The Balaban J connectivity index is 1.44. The highest BCUT2D eigenvalue weighted by Crippen LogP contribution is 2.25. The molecule has 31 heavy (non-hydrogen) atoms. The maximum Gasteiger partial charge on any atom is 0.270 e. The van der Waals surface area contributed by atoms with Crippen molar-refractivity contribution in [2.45, 2.75) is 32.1 Å². The summed E-state index contributed by atoms with van der Waals surface area (Å²) in [6.45, 7) is 2.60. The number of hydrogen-bond donors (Lipinski definition) is 1. The first-order valence-electron chi connectivity index (χ1n) is 10.1. The van der Waals surface area contributed by atoms with Gasteiger partial charge in [0, 0.05) is 37.3 Å². The van der Waals surface area contributed by atoms with E-state index in [-0.39, 0.29) is 11.8 Å². The van der Waals surface area contributed by atoms with Gasteiger partial charge in [0.15, 0.2) is 0 Å². The van der Waals surface area contributed by atoms with Gasteiger partial charge < -0.3 is 14.8 Å². The summed E-state index contributed by atoms with van der Waals surface area (Å²) in [6, 6.07) is 16.2. The van der Waals surface area contributed by atoms with Gasteiger partial charge in [-0.3, -0.25) is 10.1 Å². The molecule has 0 radical (unpaired) electrons. The van der Waals surface area contributed by atoms with Gasteiger partial charge in [-0.15, -0.1) is 0 Å². The number of aromatic nitrogens is 1. The number of nitro benzene ring substituents is 1. The summed E-state index contributed by atoms with van der Waals surface area (Å²) in [5.74, 6) is 0.543. The highest BCUT2D eigenvalue weighted by Gasteiger charge is 2.14. The van der Waals surface area contributed by atoms with Gasteiger partial charge >= 0.3 is 0 Å². The van der Waals surface area contributed by atoms with Crippen LogP contribution in [0.5, 0.6) is 0 Å². The number of pyridine rings is 1. The van der Waals surface area contributed by atoms with Crippen LogP contribution in [0.2, 0.25) is 0 Å². The normalized spacial score (nSPS) is 14.3. The van der Waals surface area contributed by atoms with Crippen molar-refractivity contribution < 1.29 is 14.4 Å². The molecule has 158 valence electrons. The maximum atomic E-state index is 11.0. The SMILES string of the molecule is N#Cc1cc(NCc2cccc(COC3CCOCC3)c2)nc2ccc([N+](=O)[O-])cc12. The van der Waals surface area contributed by atoms with Crippen molar-refractivity contribution in [1.29, 1.82) is 5.26 Å². The lowest BCUT2D eigenvalue weighted by molar-refractivity contribution is -0.384. The van der Waals surface area contributed by atoms with Gasteiger partial charge in [0.25, 0.3) is 5.69 Å². The monoisotopic (exact) mass is 418 g/mol. The Morgan fingerprint density at radius 1 is 1.19 bits per heavy atom. The van der Waals surface area contributed by atoms with Gasteiger partial charge in [0.2, 0.25) is 0 Å². The number of ether oxygens (including phenoxy) is 2. The van der Waals surface area contributed by atoms with Crippen molar-refractivity contribution in [3.63, 3.8) is 0 Å². The Morgan fingerprint density at radius 3 is 2.77 bits per heavy atom. The quantitative estimate of drug-likeness (QED) is 0.449. The van der Waals surface area contributed by atoms with Crippen LogP contribution in [0, 0.1) is 21.4 Å². The van der Waals surface area contributed by atoms with Crippen LogP contribution >= 0.6 is 0 Å². The molecule has 1 aliphatic heterocycles. The molecule has 0 atom stereocenters. The minimum Gasteiger partial charge on any atom is -0.381 e. The number of benzene rings is 2. The number of hydrogen-bond acceptors (Lipinski definition) is 7. The summed E-state index contributed by atoms with van der Waals surface area (Å²) in [5, 5.41) is 24.2. The number of rotatable bonds is 7. The fourth-order valence-corrected chi connectivity index (χ4v) is 3.59. The minimum atomic E-state index is -0.481. The lowest BCUT2D eigenvalue weighted by Crippen LogP contribution is -2.23. The molecule has 0 spiro atoms. The summed E-state index contributed by atoms with van der Waals surface area (Å²) in [6.07, 6.45) is 2.11. The molecule has 1 N–H and O–H groups in total. The van der Waals surface area contributed by atoms with Gasteiger partial charge in [-0.05, 0) is 36.1 Å². The zero-order valence-electron chi connectivity index (χ0n) is 16.9. The molecule has 0 aliphatic carbocycles. The Hall–Kier alpha value is -3.54. The summed E-state index contributed by atoms with van der Waals surface area (Å²) in [4.78, 5) is 15.0. The second-order valence-corrected chi connectivity index (χ2v) is 7.42. The average Bonchev–Trinajstić information content (AvgIpc) is 2.81. The molecular weight excluding hydrogens is 396 g/mol. The molecule has 8 heteroatoms. The van der Waals surface area contributed by atoms with Crippen molar-refractivity contribution in [2.75, 3.05) is 18.5 Å². The predicted molar refractivity (Wildman–Crippen MR) is 116 cm³/mol. The molecule has 0 amide bonds. The van der Waals surface area contributed by atoms with E-state index >= 15 is 0 Å². The molecule has 1 aliphatic rings. The molecule has 2 aromatic carbocycles. The van der Waals surface area contributed by atoms with Crippen molar-refractivity contribution in [3.8, 4) is 6.07 Å². The number of nitriles is 1. The molecule has 2 heterocycles. The Morgan fingerprint density at radius 2 is 2.00 bits per heavy atom. The van der Waals surface area contributed by atoms with Gasteiger partial charge in [-0.25, -0.2) is 4.98 Å². The first-order chi connectivity index (χ1) is 15.1. The van der Waals surface area contributed by atoms with Crippen molar-refractivity contribution in [3.05, 3.63) is 75.3 Å². The third-order valence-corrected chi connectivity index (χ3v) is 5.24.